The molecule has 1 unspecified atom stereocenters. The number of carbonyl (C=O) groups excluding carboxylic acids is 1. The van der Waals surface area contributed by atoms with Gasteiger partial charge in [-0.05, 0) is 37.6 Å². The molecule has 4 heteroatoms. The molecule has 0 spiro atoms. The summed E-state index contributed by atoms with van der Waals surface area (Å²) >= 11 is 0. The van der Waals surface area contributed by atoms with E-state index in [2.05, 4.69) is 0 Å². The number of carbonyl (C=O) groups is 1. The first-order chi connectivity index (χ1) is 12.5. The van der Waals surface area contributed by atoms with Gasteiger partial charge in [-0.15, -0.1) is 0 Å². The van der Waals surface area contributed by atoms with Gasteiger partial charge in [-0.1, -0.05) is 60.2 Å². The number of alkyl halides is 1. The number of rotatable bonds is 5. The molecule has 3 aromatic rings. The van der Waals surface area contributed by atoms with Gasteiger partial charge < -0.3 is 0 Å². The van der Waals surface area contributed by atoms with Crippen LogP contribution in [0.2, 0.25) is 0 Å². The minimum Gasteiger partial charge on any atom is -0.290 e. The summed E-state index contributed by atoms with van der Waals surface area (Å²) in [6, 6.07) is 20.7. The van der Waals surface area contributed by atoms with E-state index in [1.54, 1.807) is 61.5 Å². The fraction of sp³-hybridized carbons (Fsp3) is 0.136. The SMILES string of the molecule is Cc1ccc(S(=O)c2ccccc2[C@H](F)C(=O)c2ccccc2C)cc1. The summed E-state index contributed by atoms with van der Waals surface area (Å²) in [5.41, 5.74) is 2.27. The normalized spacial score (nSPS) is 13.2. The molecule has 2 atom stereocenters. The predicted octanol–water partition coefficient (Wildman–Crippen LogP) is 5.36. The van der Waals surface area contributed by atoms with E-state index in [-0.39, 0.29) is 5.56 Å². The van der Waals surface area contributed by atoms with Crippen LogP contribution in [0.3, 0.4) is 0 Å². The lowest BCUT2D eigenvalue weighted by atomic mass is 9.98. The van der Waals surface area contributed by atoms with E-state index in [0.717, 1.165) is 11.1 Å². The molecule has 0 fully saturated rings. The number of aryl methyl sites for hydroxylation is 2. The van der Waals surface area contributed by atoms with Crippen LogP contribution in [-0.4, -0.2) is 9.99 Å². The fourth-order valence-corrected chi connectivity index (χ4v) is 4.00. The molecule has 0 aliphatic heterocycles. The maximum atomic E-state index is 15.1. The molecule has 0 N–H and O–H groups in total. The first-order valence-electron chi connectivity index (χ1n) is 8.30. The molecule has 2 nitrogen and oxygen atoms in total. The summed E-state index contributed by atoms with van der Waals surface area (Å²) in [5, 5.41) is 0. The summed E-state index contributed by atoms with van der Waals surface area (Å²) in [4.78, 5) is 13.6. The summed E-state index contributed by atoms with van der Waals surface area (Å²) < 4.78 is 28.1. The number of Topliss-reactive ketones (excluding diaryl/α,β-unsaturated/α-hetero) is 1. The van der Waals surface area contributed by atoms with Crippen LogP contribution in [0, 0.1) is 13.8 Å². The van der Waals surface area contributed by atoms with Crippen molar-refractivity contribution in [3.8, 4) is 0 Å². The van der Waals surface area contributed by atoms with Crippen molar-refractivity contribution in [1.29, 1.82) is 0 Å². The summed E-state index contributed by atoms with van der Waals surface area (Å²) in [5.74, 6) is -0.614. The van der Waals surface area contributed by atoms with Crippen molar-refractivity contribution in [1.82, 2.24) is 0 Å². The Balaban J connectivity index is 1.99. The molecule has 0 saturated heterocycles. The largest absolute Gasteiger partial charge is 0.290 e. The molecule has 0 radical (unpaired) electrons. The van der Waals surface area contributed by atoms with E-state index >= 15 is 4.39 Å². The second kappa shape index (κ2) is 7.75. The molecule has 132 valence electrons. The number of ketones is 1. The van der Waals surface area contributed by atoms with E-state index in [0.29, 0.717) is 15.4 Å². The highest BCUT2D eigenvalue weighted by molar-refractivity contribution is 7.85. The Bertz CT molecular complexity index is 964. The van der Waals surface area contributed by atoms with Gasteiger partial charge in [0, 0.05) is 16.0 Å². The minimum atomic E-state index is -1.86. The van der Waals surface area contributed by atoms with Crippen molar-refractivity contribution in [3.63, 3.8) is 0 Å². The Morgan fingerprint density at radius 3 is 2.19 bits per heavy atom. The quantitative estimate of drug-likeness (QED) is 0.569. The zero-order valence-electron chi connectivity index (χ0n) is 14.6. The van der Waals surface area contributed by atoms with E-state index in [4.69, 9.17) is 0 Å². The van der Waals surface area contributed by atoms with Crippen LogP contribution in [0.25, 0.3) is 0 Å². The summed E-state index contributed by atoms with van der Waals surface area (Å²) in [6.07, 6.45) is -1.86. The highest BCUT2D eigenvalue weighted by Crippen LogP contribution is 2.30. The monoisotopic (exact) mass is 366 g/mol. The van der Waals surface area contributed by atoms with Crippen LogP contribution in [0.15, 0.2) is 82.6 Å². The summed E-state index contributed by atoms with van der Waals surface area (Å²) in [6.45, 7) is 3.72. The van der Waals surface area contributed by atoms with Crippen molar-refractivity contribution < 1.29 is 13.4 Å². The second-order valence-corrected chi connectivity index (χ2v) is 7.61. The van der Waals surface area contributed by atoms with Crippen LogP contribution in [0.1, 0.15) is 33.2 Å². The van der Waals surface area contributed by atoms with Gasteiger partial charge in [0.05, 0.1) is 15.7 Å². The van der Waals surface area contributed by atoms with Gasteiger partial charge in [0.1, 0.15) is 0 Å². The average molecular weight is 366 g/mol. The third kappa shape index (κ3) is 3.65. The van der Waals surface area contributed by atoms with Crippen molar-refractivity contribution in [3.05, 3.63) is 95.1 Å². The van der Waals surface area contributed by atoms with Crippen molar-refractivity contribution in [2.45, 2.75) is 29.8 Å². The van der Waals surface area contributed by atoms with Gasteiger partial charge in [-0.3, -0.25) is 4.79 Å². The Hall–Kier alpha value is -2.59. The van der Waals surface area contributed by atoms with Crippen molar-refractivity contribution in [2.24, 2.45) is 0 Å². The first kappa shape index (κ1) is 18.2. The molecule has 0 bridgehead atoms. The van der Waals surface area contributed by atoms with Gasteiger partial charge in [0.2, 0.25) is 5.78 Å². The second-order valence-electron chi connectivity index (χ2n) is 6.16. The van der Waals surface area contributed by atoms with Crippen LogP contribution < -0.4 is 0 Å². The van der Waals surface area contributed by atoms with Crippen LogP contribution >= 0.6 is 0 Å². The lowest BCUT2D eigenvalue weighted by Gasteiger charge is -2.14. The summed E-state index contributed by atoms with van der Waals surface area (Å²) in [7, 11) is -1.56. The predicted molar refractivity (Wildman–Crippen MR) is 102 cm³/mol. The van der Waals surface area contributed by atoms with Gasteiger partial charge >= 0.3 is 0 Å². The molecule has 3 rings (SSSR count). The zero-order valence-corrected chi connectivity index (χ0v) is 15.4. The molecule has 0 aliphatic carbocycles. The maximum absolute atomic E-state index is 15.1. The number of benzene rings is 3. The van der Waals surface area contributed by atoms with E-state index in [9.17, 15) is 9.00 Å². The minimum absolute atomic E-state index is 0.152. The smallest absolute Gasteiger partial charge is 0.201 e. The van der Waals surface area contributed by atoms with Crippen LogP contribution in [0.4, 0.5) is 4.39 Å². The van der Waals surface area contributed by atoms with E-state index < -0.39 is 22.8 Å². The van der Waals surface area contributed by atoms with Crippen molar-refractivity contribution in [2.75, 3.05) is 0 Å². The molecule has 0 heterocycles. The van der Waals surface area contributed by atoms with Gasteiger partial charge in [0.25, 0.3) is 0 Å². The topological polar surface area (TPSA) is 34.1 Å². The zero-order chi connectivity index (χ0) is 18.7. The maximum Gasteiger partial charge on any atom is 0.201 e. The van der Waals surface area contributed by atoms with Gasteiger partial charge in [-0.25, -0.2) is 8.60 Å². The molecular weight excluding hydrogens is 347 g/mol. The molecule has 0 aliphatic rings. The third-order valence-electron chi connectivity index (χ3n) is 4.27. The van der Waals surface area contributed by atoms with E-state index in [1.807, 2.05) is 19.1 Å². The van der Waals surface area contributed by atoms with E-state index in [1.165, 1.54) is 6.07 Å². The van der Waals surface area contributed by atoms with Crippen molar-refractivity contribution >= 4 is 16.6 Å². The lowest BCUT2D eigenvalue weighted by molar-refractivity contribution is 0.0875. The number of halogens is 1. The van der Waals surface area contributed by atoms with Crippen LogP contribution in [0.5, 0.6) is 0 Å². The fourth-order valence-electron chi connectivity index (χ4n) is 2.77. The Kier molecular flexibility index (Phi) is 5.43. The highest BCUT2D eigenvalue weighted by atomic mass is 32.2. The Labute approximate surface area is 155 Å². The highest BCUT2D eigenvalue weighted by Gasteiger charge is 2.26. The molecule has 3 aromatic carbocycles. The van der Waals surface area contributed by atoms with Gasteiger partial charge in [-0.2, -0.15) is 0 Å². The lowest BCUT2D eigenvalue weighted by Crippen LogP contribution is -2.12. The molecule has 0 aromatic heterocycles. The number of hydrogen-bond donors (Lipinski definition) is 0. The third-order valence-corrected chi connectivity index (χ3v) is 5.74. The molecular formula is C22H19FO2S. The Morgan fingerprint density at radius 1 is 0.885 bits per heavy atom. The molecule has 0 amide bonds. The standard InChI is InChI=1S/C22H19FO2S/c1-15-11-13-17(14-12-15)26(25)20-10-6-5-9-19(20)21(23)22(24)18-8-4-3-7-16(18)2/h3-14,21H,1-2H3/t21-,26?/m0/s1. The number of hydrogen-bond acceptors (Lipinski definition) is 2. The Morgan fingerprint density at radius 2 is 1.50 bits per heavy atom. The first-order valence-corrected chi connectivity index (χ1v) is 9.45. The molecule has 0 saturated carbocycles. The average Bonchev–Trinajstić information content (AvgIpc) is 2.67. The van der Waals surface area contributed by atoms with Gasteiger partial charge in [0.15, 0.2) is 6.17 Å². The van der Waals surface area contributed by atoms with Crippen LogP contribution in [-0.2, 0) is 10.8 Å². The molecule has 26 heavy (non-hydrogen) atoms.